The van der Waals surface area contributed by atoms with Crippen molar-refractivity contribution in [3.63, 3.8) is 0 Å². The molecule has 25 heavy (non-hydrogen) atoms. The minimum Gasteiger partial charge on any atom is -0.338 e. The number of rotatable bonds is 2. The lowest BCUT2D eigenvalue weighted by Gasteiger charge is -2.19. The quantitative estimate of drug-likeness (QED) is 0.887. The molecule has 3 aliphatic rings. The summed E-state index contributed by atoms with van der Waals surface area (Å²) in [7, 11) is 0. The lowest BCUT2D eigenvalue weighted by atomic mass is 9.98. The Morgan fingerprint density at radius 2 is 2.08 bits per heavy atom. The van der Waals surface area contributed by atoms with Crippen LogP contribution in [0.2, 0.25) is 0 Å². The third-order valence-corrected chi connectivity index (χ3v) is 6.06. The van der Waals surface area contributed by atoms with E-state index in [1.807, 2.05) is 17.9 Å². The van der Waals surface area contributed by atoms with Crippen molar-refractivity contribution in [3.05, 3.63) is 23.0 Å². The Labute approximate surface area is 152 Å². The van der Waals surface area contributed by atoms with Crippen LogP contribution in [0.1, 0.15) is 53.3 Å². The number of halogens is 1. The smallest absolute Gasteiger partial charge is 0.259 e. The summed E-state index contributed by atoms with van der Waals surface area (Å²) in [5.74, 6) is 1.57. The van der Waals surface area contributed by atoms with Crippen molar-refractivity contribution in [2.24, 2.45) is 17.6 Å². The van der Waals surface area contributed by atoms with E-state index in [1.54, 1.807) is 0 Å². The third-order valence-electron chi connectivity index (χ3n) is 6.06. The van der Waals surface area contributed by atoms with Gasteiger partial charge < -0.3 is 15.2 Å². The van der Waals surface area contributed by atoms with E-state index >= 15 is 0 Å². The van der Waals surface area contributed by atoms with Gasteiger partial charge in [0.2, 0.25) is 0 Å². The Balaban J connectivity index is 0.00000157. The second kappa shape index (κ2) is 5.95. The summed E-state index contributed by atoms with van der Waals surface area (Å²) >= 11 is 0. The van der Waals surface area contributed by atoms with Gasteiger partial charge in [-0.25, -0.2) is 4.98 Å². The summed E-state index contributed by atoms with van der Waals surface area (Å²) in [6.07, 6.45) is 4.51. The number of carbonyl (C=O) groups excluding carboxylic acids is 1. The first kappa shape index (κ1) is 16.8. The van der Waals surface area contributed by atoms with Crippen molar-refractivity contribution in [1.29, 1.82) is 0 Å². The van der Waals surface area contributed by atoms with Gasteiger partial charge >= 0.3 is 0 Å². The lowest BCUT2D eigenvalue weighted by molar-refractivity contribution is 0.0781. The van der Waals surface area contributed by atoms with Crippen LogP contribution in [0.5, 0.6) is 0 Å². The Hall–Kier alpha value is -1.66. The largest absolute Gasteiger partial charge is 0.338 e. The van der Waals surface area contributed by atoms with Crippen LogP contribution in [0, 0.1) is 18.8 Å². The van der Waals surface area contributed by atoms with E-state index in [0.717, 1.165) is 55.5 Å². The van der Waals surface area contributed by atoms with Crippen LogP contribution in [0.25, 0.3) is 11.1 Å². The highest BCUT2D eigenvalue weighted by molar-refractivity contribution is 6.06. The monoisotopic (exact) mass is 362 g/mol. The molecule has 0 bridgehead atoms. The zero-order chi connectivity index (χ0) is 16.4. The average molecular weight is 363 g/mol. The van der Waals surface area contributed by atoms with E-state index < -0.39 is 0 Å². The molecule has 3 heterocycles. The van der Waals surface area contributed by atoms with Crippen molar-refractivity contribution in [1.82, 2.24) is 15.0 Å². The molecule has 0 radical (unpaired) electrons. The van der Waals surface area contributed by atoms with E-state index in [0.29, 0.717) is 29.0 Å². The van der Waals surface area contributed by atoms with Gasteiger partial charge in [0.25, 0.3) is 11.6 Å². The second-order valence-corrected chi connectivity index (χ2v) is 7.69. The topological polar surface area (TPSA) is 85.2 Å². The fourth-order valence-electron chi connectivity index (χ4n) is 4.51. The molecule has 2 aromatic rings. The molecular formula is C18H23ClN4O2. The predicted molar refractivity (Wildman–Crippen MR) is 95.9 cm³/mol. The van der Waals surface area contributed by atoms with Gasteiger partial charge in [-0.05, 0) is 50.5 Å². The number of hydrogen-bond acceptors (Lipinski definition) is 5. The molecule has 1 aliphatic heterocycles. The zero-order valence-corrected chi connectivity index (χ0v) is 15.1. The standard InChI is InChI=1S/C18H22N4O2.ClH/c1-9-16-12(6-15(10-2-3-10)20-17(16)24-21-9)18(23)22-7-11-4-5-14(19)13(11)8-22;/h6,10-11,13-14H,2-5,7-8,19H2,1H3;1H. The lowest BCUT2D eigenvalue weighted by Crippen LogP contribution is -2.33. The van der Waals surface area contributed by atoms with Gasteiger partial charge in [0, 0.05) is 30.7 Å². The molecule has 7 heteroatoms. The van der Waals surface area contributed by atoms with Crippen LogP contribution in [0.3, 0.4) is 0 Å². The van der Waals surface area contributed by atoms with Crippen LogP contribution in [-0.4, -0.2) is 40.1 Å². The Bertz CT molecular complexity index is 832. The highest BCUT2D eigenvalue weighted by atomic mass is 35.5. The molecule has 3 fully saturated rings. The molecule has 1 saturated heterocycles. The molecule has 2 N–H and O–H groups in total. The van der Waals surface area contributed by atoms with Gasteiger partial charge in [-0.1, -0.05) is 5.16 Å². The number of pyridine rings is 1. The van der Waals surface area contributed by atoms with Crippen LogP contribution < -0.4 is 5.73 Å². The molecule has 0 aromatic carbocycles. The van der Waals surface area contributed by atoms with Gasteiger partial charge in [-0.15, -0.1) is 12.4 Å². The first-order valence-corrected chi connectivity index (χ1v) is 8.93. The summed E-state index contributed by atoms with van der Waals surface area (Å²) < 4.78 is 5.36. The zero-order valence-electron chi connectivity index (χ0n) is 14.3. The maximum absolute atomic E-state index is 13.2. The van der Waals surface area contributed by atoms with Crippen molar-refractivity contribution in [2.45, 2.75) is 44.6 Å². The molecule has 2 aromatic heterocycles. The van der Waals surface area contributed by atoms with Crippen molar-refractivity contribution >= 4 is 29.4 Å². The number of aryl methyl sites for hydroxylation is 1. The van der Waals surface area contributed by atoms with Crippen LogP contribution in [0.4, 0.5) is 0 Å². The molecule has 3 unspecified atom stereocenters. The molecule has 0 spiro atoms. The van der Waals surface area contributed by atoms with Crippen LogP contribution in [0.15, 0.2) is 10.6 Å². The third kappa shape index (κ3) is 2.62. The fraction of sp³-hybridized carbons (Fsp3) is 0.611. The summed E-state index contributed by atoms with van der Waals surface area (Å²) in [5.41, 5.74) is 9.12. The normalized spacial score (nSPS) is 28.2. The van der Waals surface area contributed by atoms with Gasteiger partial charge in [-0.3, -0.25) is 4.79 Å². The number of amides is 1. The van der Waals surface area contributed by atoms with E-state index in [1.165, 1.54) is 0 Å². The number of aromatic nitrogens is 2. The van der Waals surface area contributed by atoms with E-state index in [9.17, 15) is 4.79 Å². The summed E-state index contributed by atoms with van der Waals surface area (Å²) in [6.45, 7) is 3.47. The Kier molecular flexibility index (Phi) is 4.00. The van der Waals surface area contributed by atoms with E-state index in [2.05, 4.69) is 10.1 Å². The first-order chi connectivity index (χ1) is 11.6. The molecule has 2 saturated carbocycles. The number of nitrogens with two attached hydrogens (primary N) is 1. The average Bonchev–Trinajstić information content (AvgIpc) is 3.11. The van der Waals surface area contributed by atoms with E-state index in [-0.39, 0.29) is 24.4 Å². The number of hydrogen-bond donors (Lipinski definition) is 1. The van der Waals surface area contributed by atoms with E-state index in [4.69, 9.17) is 10.3 Å². The maximum Gasteiger partial charge on any atom is 0.259 e. The summed E-state index contributed by atoms with van der Waals surface area (Å²) in [4.78, 5) is 19.8. The van der Waals surface area contributed by atoms with Gasteiger partial charge in [0.15, 0.2) is 0 Å². The maximum atomic E-state index is 13.2. The highest BCUT2D eigenvalue weighted by Crippen LogP contribution is 2.41. The Morgan fingerprint density at radius 3 is 2.80 bits per heavy atom. The Morgan fingerprint density at radius 1 is 1.28 bits per heavy atom. The summed E-state index contributed by atoms with van der Waals surface area (Å²) in [6, 6.07) is 2.21. The van der Waals surface area contributed by atoms with Gasteiger partial charge in [-0.2, -0.15) is 0 Å². The van der Waals surface area contributed by atoms with Crippen molar-refractivity contribution in [3.8, 4) is 0 Å². The molecule has 134 valence electrons. The molecular weight excluding hydrogens is 340 g/mol. The summed E-state index contributed by atoms with van der Waals surface area (Å²) in [5, 5.41) is 4.80. The molecule has 1 amide bonds. The van der Waals surface area contributed by atoms with Crippen molar-refractivity contribution < 1.29 is 9.32 Å². The predicted octanol–water partition coefficient (Wildman–Crippen LogP) is 2.64. The second-order valence-electron chi connectivity index (χ2n) is 7.69. The minimum absolute atomic E-state index is 0. The number of likely N-dealkylation sites (tertiary alicyclic amines) is 1. The molecule has 2 aliphatic carbocycles. The van der Waals surface area contributed by atoms with Crippen molar-refractivity contribution in [2.75, 3.05) is 13.1 Å². The molecule has 3 atom stereocenters. The number of nitrogens with zero attached hydrogens (tertiary/aromatic N) is 3. The highest BCUT2D eigenvalue weighted by Gasteiger charge is 2.43. The van der Waals surface area contributed by atoms with Crippen LogP contribution in [-0.2, 0) is 0 Å². The minimum atomic E-state index is 0. The fourth-order valence-corrected chi connectivity index (χ4v) is 4.51. The number of fused-ring (bicyclic) bond motifs is 2. The van der Waals surface area contributed by atoms with Gasteiger partial charge in [0.05, 0.1) is 16.6 Å². The molecule has 5 rings (SSSR count). The van der Waals surface area contributed by atoms with Gasteiger partial charge in [0.1, 0.15) is 0 Å². The first-order valence-electron chi connectivity index (χ1n) is 8.93. The number of carbonyl (C=O) groups is 1. The molecule has 6 nitrogen and oxygen atoms in total. The van der Waals surface area contributed by atoms with Crippen LogP contribution >= 0.6 is 12.4 Å². The SMILES string of the molecule is Cc1noc2nc(C3CC3)cc(C(=O)N3CC4CCC(N)C4C3)c12.Cl.